The van der Waals surface area contributed by atoms with E-state index >= 15 is 0 Å². The van der Waals surface area contributed by atoms with Gasteiger partial charge in [0.05, 0.1) is 0 Å². The molecule has 0 aromatic heterocycles. The fraction of sp³-hybridized carbons (Fsp3) is 0.680. The number of nitrogens with zero attached hydrogens (tertiary/aromatic N) is 2. The number of hydrogen-bond donors (Lipinski definition) is 1. The minimum atomic E-state index is -0.0927. The second kappa shape index (κ2) is 7.99. The van der Waals surface area contributed by atoms with Gasteiger partial charge in [0.25, 0.3) is 5.91 Å². The molecule has 5 fully saturated rings. The monoisotopic (exact) mass is 409 g/mol. The first-order valence-electron chi connectivity index (χ1n) is 11.9. The third kappa shape index (κ3) is 3.89. The standard InChI is InChI=1S/C25H35N3O2/c1-27-7-2-8-28(10-9-27)23(29)22-5-3-18(4-6-22)17-26-24(30)25-14-19-11-20(15-25)13-21(12-19)16-25/h3-6,19-21H,2,7-17H2,1H3,(H,26,30). The summed E-state index contributed by atoms with van der Waals surface area (Å²) in [6.45, 7) is 4.15. The Morgan fingerprint density at radius 2 is 1.57 bits per heavy atom. The minimum Gasteiger partial charge on any atom is -0.352 e. The molecule has 1 N–H and O–H groups in total. The van der Waals surface area contributed by atoms with Crippen LogP contribution in [0.5, 0.6) is 0 Å². The number of likely N-dealkylation sites (N-methyl/N-ethyl adjacent to an activating group) is 1. The second-order valence-corrected chi connectivity index (χ2v) is 10.5. The van der Waals surface area contributed by atoms with E-state index in [4.69, 9.17) is 0 Å². The summed E-state index contributed by atoms with van der Waals surface area (Å²) in [5.74, 6) is 2.74. The highest BCUT2D eigenvalue weighted by molar-refractivity contribution is 5.94. The van der Waals surface area contributed by atoms with Crippen LogP contribution >= 0.6 is 0 Å². The molecule has 1 saturated heterocycles. The molecule has 30 heavy (non-hydrogen) atoms. The van der Waals surface area contributed by atoms with Gasteiger partial charge in [0, 0.05) is 37.2 Å². The van der Waals surface area contributed by atoms with E-state index in [0.717, 1.165) is 80.7 Å². The van der Waals surface area contributed by atoms with E-state index in [1.807, 2.05) is 29.2 Å². The molecule has 0 radical (unpaired) electrons. The van der Waals surface area contributed by atoms with Crippen LogP contribution in [0.3, 0.4) is 0 Å². The van der Waals surface area contributed by atoms with E-state index in [-0.39, 0.29) is 17.2 Å². The Balaban J connectivity index is 1.18. The maximum atomic E-state index is 13.1. The molecule has 1 heterocycles. The molecule has 6 rings (SSSR count). The fourth-order valence-corrected chi connectivity index (χ4v) is 6.96. The van der Waals surface area contributed by atoms with Gasteiger partial charge in [-0.15, -0.1) is 0 Å². The summed E-state index contributed by atoms with van der Waals surface area (Å²) in [6, 6.07) is 7.83. The van der Waals surface area contributed by atoms with Crippen LogP contribution in [-0.4, -0.2) is 54.8 Å². The molecule has 4 saturated carbocycles. The molecule has 1 aromatic rings. The average Bonchev–Trinajstić information content (AvgIpc) is 2.95. The summed E-state index contributed by atoms with van der Waals surface area (Å²) in [6.07, 6.45) is 8.40. The Morgan fingerprint density at radius 3 is 2.20 bits per heavy atom. The number of benzene rings is 1. The first-order chi connectivity index (χ1) is 14.5. The Morgan fingerprint density at radius 1 is 0.933 bits per heavy atom. The number of carbonyl (C=O) groups is 2. The minimum absolute atomic E-state index is 0.0927. The van der Waals surface area contributed by atoms with Crippen LogP contribution in [0.25, 0.3) is 0 Å². The summed E-state index contributed by atoms with van der Waals surface area (Å²) < 4.78 is 0. The van der Waals surface area contributed by atoms with Gasteiger partial charge in [0.2, 0.25) is 5.91 Å². The maximum absolute atomic E-state index is 13.1. The SMILES string of the molecule is CN1CCCN(C(=O)c2ccc(CNC(=O)C34CC5CC(CC(C5)C3)C4)cc2)CC1. The van der Waals surface area contributed by atoms with Crippen LogP contribution in [0, 0.1) is 23.2 Å². The number of hydrogen-bond acceptors (Lipinski definition) is 3. The molecule has 162 valence electrons. The zero-order chi connectivity index (χ0) is 20.7. The van der Waals surface area contributed by atoms with Gasteiger partial charge in [-0.2, -0.15) is 0 Å². The van der Waals surface area contributed by atoms with E-state index in [2.05, 4.69) is 17.3 Å². The average molecular weight is 410 g/mol. The summed E-state index contributed by atoms with van der Waals surface area (Å²) in [7, 11) is 2.11. The smallest absolute Gasteiger partial charge is 0.253 e. The van der Waals surface area contributed by atoms with Gasteiger partial charge in [-0.1, -0.05) is 12.1 Å². The van der Waals surface area contributed by atoms with Crippen molar-refractivity contribution in [3.05, 3.63) is 35.4 Å². The van der Waals surface area contributed by atoms with Crippen LogP contribution in [0.4, 0.5) is 0 Å². The van der Waals surface area contributed by atoms with Gasteiger partial charge < -0.3 is 15.1 Å². The molecular weight excluding hydrogens is 374 g/mol. The second-order valence-electron chi connectivity index (χ2n) is 10.5. The number of nitrogens with one attached hydrogen (secondary N) is 1. The highest BCUT2D eigenvalue weighted by Gasteiger charge is 2.54. The van der Waals surface area contributed by atoms with E-state index in [9.17, 15) is 9.59 Å². The molecule has 4 bridgehead atoms. The van der Waals surface area contributed by atoms with Crippen molar-refractivity contribution in [3.8, 4) is 0 Å². The zero-order valence-electron chi connectivity index (χ0n) is 18.2. The normalized spacial score (nSPS) is 33.4. The molecule has 5 heteroatoms. The highest BCUT2D eigenvalue weighted by atomic mass is 16.2. The number of amides is 2. The summed E-state index contributed by atoms with van der Waals surface area (Å²) in [5.41, 5.74) is 1.72. The molecule has 0 atom stereocenters. The van der Waals surface area contributed by atoms with Crippen molar-refractivity contribution in [3.63, 3.8) is 0 Å². The van der Waals surface area contributed by atoms with Gasteiger partial charge in [-0.25, -0.2) is 0 Å². The molecule has 5 nitrogen and oxygen atoms in total. The van der Waals surface area contributed by atoms with Crippen molar-refractivity contribution in [1.29, 1.82) is 0 Å². The van der Waals surface area contributed by atoms with Crippen molar-refractivity contribution >= 4 is 11.8 Å². The van der Waals surface area contributed by atoms with Crippen LogP contribution in [0.15, 0.2) is 24.3 Å². The number of rotatable bonds is 4. The van der Waals surface area contributed by atoms with Gasteiger partial charge in [-0.05, 0) is 94.0 Å². The first kappa shape index (κ1) is 20.0. The van der Waals surface area contributed by atoms with Crippen LogP contribution in [0.1, 0.15) is 60.9 Å². The molecule has 5 aliphatic rings. The zero-order valence-corrected chi connectivity index (χ0v) is 18.2. The largest absolute Gasteiger partial charge is 0.352 e. The fourth-order valence-electron chi connectivity index (χ4n) is 6.96. The van der Waals surface area contributed by atoms with E-state index < -0.39 is 0 Å². The van der Waals surface area contributed by atoms with Gasteiger partial charge >= 0.3 is 0 Å². The van der Waals surface area contributed by atoms with Crippen molar-refractivity contribution in [2.45, 2.75) is 51.5 Å². The van der Waals surface area contributed by atoms with Gasteiger partial charge in [-0.3, -0.25) is 9.59 Å². The van der Waals surface area contributed by atoms with Gasteiger partial charge in [0.1, 0.15) is 0 Å². The topological polar surface area (TPSA) is 52.6 Å². The Bertz CT molecular complexity index is 768. The molecule has 2 amide bonds. The van der Waals surface area contributed by atoms with Crippen molar-refractivity contribution < 1.29 is 9.59 Å². The summed E-state index contributed by atoms with van der Waals surface area (Å²) in [4.78, 5) is 30.2. The highest BCUT2D eigenvalue weighted by Crippen LogP contribution is 2.60. The van der Waals surface area contributed by atoms with E-state index in [1.165, 1.54) is 19.3 Å². The number of carbonyl (C=O) groups excluding carboxylic acids is 2. The first-order valence-corrected chi connectivity index (χ1v) is 11.9. The lowest BCUT2D eigenvalue weighted by Gasteiger charge is -2.55. The molecule has 4 aliphatic carbocycles. The van der Waals surface area contributed by atoms with E-state index in [1.54, 1.807) is 0 Å². The molecular formula is C25H35N3O2. The van der Waals surface area contributed by atoms with Crippen LogP contribution in [-0.2, 0) is 11.3 Å². The lowest BCUT2D eigenvalue weighted by molar-refractivity contribution is -0.146. The third-order valence-electron chi connectivity index (χ3n) is 8.18. The quantitative estimate of drug-likeness (QED) is 0.830. The third-order valence-corrected chi connectivity index (χ3v) is 8.18. The van der Waals surface area contributed by atoms with Gasteiger partial charge in [0.15, 0.2) is 0 Å². The summed E-state index contributed by atoms with van der Waals surface area (Å²) >= 11 is 0. The van der Waals surface area contributed by atoms with Crippen molar-refractivity contribution in [2.75, 3.05) is 33.2 Å². The van der Waals surface area contributed by atoms with Crippen LogP contribution in [0.2, 0.25) is 0 Å². The Kier molecular flexibility index (Phi) is 5.34. The molecule has 0 spiro atoms. The predicted molar refractivity (Wildman–Crippen MR) is 117 cm³/mol. The van der Waals surface area contributed by atoms with Crippen LogP contribution < -0.4 is 5.32 Å². The molecule has 0 unspecified atom stereocenters. The van der Waals surface area contributed by atoms with E-state index in [0.29, 0.717) is 6.54 Å². The predicted octanol–water partition coefficient (Wildman–Crippen LogP) is 3.30. The summed E-state index contributed by atoms with van der Waals surface area (Å²) in [5, 5.41) is 3.24. The Hall–Kier alpha value is -1.88. The lowest BCUT2D eigenvalue weighted by atomic mass is 9.49. The molecule has 1 aromatic carbocycles. The van der Waals surface area contributed by atoms with Crippen molar-refractivity contribution in [1.82, 2.24) is 15.1 Å². The maximum Gasteiger partial charge on any atom is 0.253 e. The van der Waals surface area contributed by atoms with Crippen molar-refractivity contribution in [2.24, 2.45) is 23.2 Å². The molecule has 1 aliphatic heterocycles. The Labute approximate surface area is 180 Å². The lowest BCUT2D eigenvalue weighted by Crippen LogP contribution is -2.53.